The Morgan fingerprint density at radius 2 is 2.15 bits per heavy atom. The molecular formula is C16H21HgN2O. The standard InChI is InChI=1S/C16H21N2O.Hg/c1-3-4-8-14(11-19)18-16-10-13-7-5-6-9-15(13)17-12(16)2;/h10H,3-9H2,1-2H3;. The summed E-state index contributed by atoms with van der Waals surface area (Å²) in [5, 5.41) is 0. The summed E-state index contributed by atoms with van der Waals surface area (Å²) in [4.78, 5) is 21.1. The minimum atomic E-state index is 0.123. The van der Waals surface area contributed by atoms with Crippen LogP contribution in [0.4, 0.5) is 5.69 Å². The summed E-state index contributed by atoms with van der Waals surface area (Å²) >= 11 is 0.123. The van der Waals surface area contributed by atoms with Crippen molar-refractivity contribution < 1.29 is 30.9 Å². The minimum absolute atomic E-state index is 0.123. The van der Waals surface area contributed by atoms with Crippen molar-refractivity contribution in [1.82, 2.24) is 4.98 Å². The van der Waals surface area contributed by atoms with E-state index < -0.39 is 0 Å². The maximum absolute atomic E-state index is 11.8. The Bertz CT molecular complexity index is 538. The second-order valence-electron chi connectivity index (χ2n) is 5.49. The molecule has 103 valence electrons. The van der Waals surface area contributed by atoms with Gasteiger partial charge in [-0.3, -0.25) is 0 Å². The SMILES string of the molecule is CCCCC(=Nc1cc2c(nc1C)CCCC2)[C](=O)[Hg]. The first-order valence-corrected chi connectivity index (χ1v) is 10.3. The fourth-order valence-corrected chi connectivity index (χ4v) is 3.58. The summed E-state index contributed by atoms with van der Waals surface area (Å²) in [6.45, 7) is 4.15. The van der Waals surface area contributed by atoms with Crippen LogP contribution in [0.2, 0.25) is 0 Å². The average Bonchev–Trinajstić information content (AvgIpc) is 2.43. The molecule has 0 bridgehead atoms. The van der Waals surface area contributed by atoms with Gasteiger partial charge in [0.25, 0.3) is 0 Å². The molecule has 2 rings (SSSR count). The van der Waals surface area contributed by atoms with E-state index in [2.05, 4.69) is 18.0 Å². The molecule has 0 saturated heterocycles. The van der Waals surface area contributed by atoms with E-state index in [0.29, 0.717) is 0 Å². The van der Waals surface area contributed by atoms with Crippen LogP contribution in [0, 0.1) is 6.92 Å². The van der Waals surface area contributed by atoms with Crippen LogP contribution in [0.1, 0.15) is 56.0 Å². The first-order chi connectivity index (χ1) is 9.61. The summed E-state index contributed by atoms with van der Waals surface area (Å²) < 4.78 is 0.274. The second kappa shape index (κ2) is 7.44. The molecule has 1 aliphatic carbocycles. The van der Waals surface area contributed by atoms with Crippen molar-refractivity contribution in [2.45, 2.75) is 58.8 Å². The van der Waals surface area contributed by atoms with Crippen LogP contribution >= 0.6 is 0 Å². The molecule has 1 aromatic heterocycles. The Morgan fingerprint density at radius 1 is 1.40 bits per heavy atom. The summed E-state index contributed by atoms with van der Waals surface area (Å²) in [7, 11) is 0. The third-order valence-electron chi connectivity index (χ3n) is 3.81. The molecule has 0 N–H and O–H groups in total. The van der Waals surface area contributed by atoms with Gasteiger partial charge in [-0.25, -0.2) is 0 Å². The third kappa shape index (κ3) is 3.97. The number of pyridine rings is 1. The molecular weight excluding hydrogens is 437 g/mol. The Balaban J connectivity index is 2.33. The number of aryl methyl sites for hydroxylation is 3. The number of hydrogen-bond acceptors (Lipinski definition) is 3. The molecule has 1 heterocycles. The number of aliphatic imine (C=N–C) groups is 1. The van der Waals surface area contributed by atoms with Gasteiger partial charge in [-0.2, -0.15) is 0 Å². The summed E-state index contributed by atoms with van der Waals surface area (Å²) in [6.07, 6.45) is 7.63. The van der Waals surface area contributed by atoms with E-state index in [1.807, 2.05) is 6.92 Å². The monoisotopic (exact) mass is 459 g/mol. The molecule has 0 radical (unpaired) electrons. The van der Waals surface area contributed by atoms with Crippen molar-refractivity contribution in [3.05, 3.63) is 23.0 Å². The van der Waals surface area contributed by atoms with Gasteiger partial charge in [-0.1, -0.05) is 0 Å². The molecule has 3 nitrogen and oxygen atoms in total. The molecule has 20 heavy (non-hydrogen) atoms. The first-order valence-electron chi connectivity index (χ1n) is 7.55. The second-order valence-corrected chi connectivity index (χ2v) is 7.99. The summed E-state index contributed by atoms with van der Waals surface area (Å²) in [5.74, 6) is 0. The van der Waals surface area contributed by atoms with Crippen LogP contribution in [-0.2, 0) is 43.8 Å². The van der Waals surface area contributed by atoms with Crippen molar-refractivity contribution in [2.24, 2.45) is 4.99 Å². The van der Waals surface area contributed by atoms with E-state index in [1.165, 1.54) is 24.1 Å². The first kappa shape index (κ1) is 15.8. The zero-order chi connectivity index (χ0) is 14.5. The van der Waals surface area contributed by atoms with E-state index in [-0.39, 0.29) is 29.4 Å². The topological polar surface area (TPSA) is 42.3 Å². The number of aromatic nitrogens is 1. The number of unbranched alkanes of at least 4 members (excludes halogenated alkanes) is 1. The van der Waals surface area contributed by atoms with Gasteiger partial charge in [0.15, 0.2) is 0 Å². The zero-order valence-corrected chi connectivity index (χ0v) is 18.0. The number of rotatable bonds is 5. The van der Waals surface area contributed by atoms with Crippen molar-refractivity contribution >= 4 is 14.7 Å². The fraction of sp³-hybridized carbons (Fsp3) is 0.562. The number of carbonyl (C=O) groups excluding carboxylic acids is 1. The molecule has 0 amide bonds. The van der Waals surface area contributed by atoms with Crippen LogP contribution in [0.5, 0.6) is 0 Å². The van der Waals surface area contributed by atoms with Crippen molar-refractivity contribution in [2.75, 3.05) is 0 Å². The van der Waals surface area contributed by atoms with Crippen LogP contribution in [0.15, 0.2) is 11.1 Å². The molecule has 0 saturated carbocycles. The molecule has 1 aliphatic rings. The normalized spacial score (nSPS) is 15.1. The van der Waals surface area contributed by atoms with Crippen LogP contribution in [0.3, 0.4) is 0 Å². The molecule has 0 unspecified atom stereocenters. The van der Waals surface area contributed by atoms with E-state index in [4.69, 9.17) is 4.98 Å². The van der Waals surface area contributed by atoms with Crippen LogP contribution in [0.25, 0.3) is 0 Å². The Morgan fingerprint density at radius 3 is 2.85 bits per heavy atom. The van der Waals surface area contributed by atoms with Crippen LogP contribution in [-0.4, -0.2) is 14.0 Å². The predicted molar refractivity (Wildman–Crippen MR) is 77.2 cm³/mol. The average molecular weight is 458 g/mol. The number of fused-ring (bicyclic) bond motifs is 1. The van der Waals surface area contributed by atoms with Crippen molar-refractivity contribution in [3.8, 4) is 0 Å². The van der Waals surface area contributed by atoms with Gasteiger partial charge < -0.3 is 0 Å². The molecule has 0 aliphatic heterocycles. The Kier molecular flexibility index (Phi) is 5.88. The molecule has 0 atom stereocenters. The van der Waals surface area contributed by atoms with Crippen LogP contribution < -0.4 is 0 Å². The van der Waals surface area contributed by atoms with Gasteiger partial charge in [0, 0.05) is 0 Å². The van der Waals surface area contributed by atoms with Gasteiger partial charge in [-0.05, 0) is 0 Å². The Hall–Kier alpha value is -0.575. The van der Waals surface area contributed by atoms with Gasteiger partial charge >= 0.3 is 137 Å². The molecule has 1 aromatic rings. The van der Waals surface area contributed by atoms with E-state index in [0.717, 1.165) is 49.2 Å². The van der Waals surface area contributed by atoms with Gasteiger partial charge in [0.2, 0.25) is 0 Å². The van der Waals surface area contributed by atoms with E-state index in [9.17, 15) is 4.79 Å². The molecule has 0 spiro atoms. The maximum atomic E-state index is 11.8. The van der Waals surface area contributed by atoms with Gasteiger partial charge in [0.1, 0.15) is 0 Å². The van der Waals surface area contributed by atoms with E-state index >= 15 is 0 Å². The molecule has 0 fully saturated rings. The van der Waals surface area contributed by atoms with Gasteiger partial charge in [0.05, 0.1) is 0 Å². The van der Waals surface area contributed by atoms with Crippen molar-refractivity contribution in [1.29, 1.82) is 0 Å². The van der Waals surface area contributed by atoms with E-state index in [1.54, 1.807) is 0 Å². The quantitative estimate of drug-likeness (QED) is 0.501. The van der Waals surface area contributed by atoms with Crippen molar-refractivity contribution in [3.63, 3.8) is 0 Å². The number of hydrogen-bond donors (Lipinski definition) is 0. The number of nitrogens with zero attached hydrogens (tertiary/aromatic N) is 2. The predicted octanol–water partition coefficient (Wildman–Crippen LogP) is 3.60. The summed E-state index contributed by atoms with van der Waals surface area (Å²) in [6, 6.07) is 2.17. The van der Waals surface area contributed by atoms with Gasteiger partial charge in [-0.15, -0.1) is 0 Å². The summed E-state index contributed by atoms with van der Waals surface area (Å²) in [5.41, 5.74) is 5.23. The molecule has 4 heteroatoms. The fourth-order valence-electron chi connectivity index (χ4n) is 2.59. The third-order valence-corrected chi connectivity index (χ3v) is 5.40. The number of carbonyl (C=O) groups is 1. The molecule has 0 aromatic carbocycles. The Labute approximate surface area is 137 Å². The zero-order valence-electron chi connectivity index (χ0n) is 12.5.